The summed E-state index contributed by atoms with van der Waals surface area (Å²) in [6.45, 7) is 3.59. The number of hydrogen-bond acceptors (Lipinski definition) is 1. The standard InChI is InChI=1S/C14H21NO/c1-3-14(16)15(2)13-8-9-7-12(13)11-6-4-5-10(9)11/h3,9-13H,1,4-8H2,2H3. The number of carbonyl (C=O) groups excluding carboxylic acids is 1. The molecule has 5 atom stereocenters. The fourth-order valence-electron chi connectivity index (χ4n) is 4.78. The third-order valence-corrected chi connectivity index (χ3v) is 5.41. The van der Waals surface area contributed by atoms with E-state index >= 15 is 0 Å². The lowest BCUT2D eigenvalue weighted by atomic mass is 9.78. The number of nitrogens with zero attached hydrogens (tertiary/aromatic N) is 1. The molecule has 0 saturated heterocycles. The topological polar surface area (TPSA) is 20.3 Å². The predicted octanol–water partition coefficient (Wildman–Crippen LogP) is 2.46. The molecular formula is C14H21NO. The Bertz CT molecular complexity index is 325. The summed E-state index contributed by atoms with van der Waals surface area (Å²) in [6, 6.07) is 0.509. The van der Waals surface area contributed by atoms with Crippen LogP contribution in [0.2, 0.25) is 0 Å². The SMILES string of the molecule is C=CC(=O)N(C)C1CC2CC1C1CCCC21. The van der Waals surface area contributed by atoms with E-state index in [1.807, 2.05) is 11.9 Å². The fourth-order valence-corrected chi connectivity index (χ4v) is 4.78. The Kier molecular flexibility index (Phi) is 2.34. The van der Waals surface area contributed by atoms with Crippen LogP contribution in [0.15, 0.2) is 12.7 Å². The second kappa shape index (κ2) is 3.61. The van der Waals surface area contributed by atoms with Crippen LogP contribution in [0.1, 0.15) is 32.1 Å². The minimum absolute atomic E-state index is 0.104. The smallest absolute Gasteiger partial charge is 0.245 e. The third-order valence-electron chi connectivity index (χ3n) is 5.41. The van der Waals surface area contributed by atoms with Crippen molar-refractivity contribution in [3.05, 3.63) is 12.7 Å². The van der Waals surface area contributed by atoms with E-state index in [1.165, 1.54) is 38.2 Å². The van der Waals surface area contributed by atoms with Gasteiger partial charge in [0.2, 0.25) is 5.91 Å². The van der Waals surface area contributed by atoms with Crippen molar-refractivity contribution in [3.63, 3.8) is 0 Å². The molecule has 3 fully saturated rings. The Hall–Kier alpha value is -0.790. The average Bonchev–Trinajstić information content (AvgIpc) is 2.97. The molecule has 2 heteroatoms. The van der Waals surface area contributed by atoms with Crippen molar-refractivity contribution in [2.75, 3.05) is 7.05 Å². The molecule has 2 bridgehead atoms. The third kappa shape index (κ3) is 1.28. The van der Waals surface area contributed by atoms with Crippen LogP contribution in [0.25, 0.3) is 0 Å². The minimum atomic E-state index is 0.104. The lowest BCUT2D eigenvalue weighted by Crippen LogP contribution is -2.43. The van der Waals surface area contributed by atoms with Crippen molar-refractivity contribution in [2.45, 2.75) is 38.1 Å². The van der Waals surface area contributed by atoms with Gasteiger partial charge in [-0.2, -0.15) is 0 Å². The van der Waals surface area contributed by atoms with Gasteiger partial charge < -0.3 is 4.90 Å². The first-order chi connectivity index (χ1) is 7.72. The molecule has 0 spiro atoms. The monoisotopic (exact) mass is 219 g/mol. The largest absolute Gasteiger partial charge is 0.339 e. The fraction of sp³-hybridized carbons (Fsp3) is 0.786. The van der Waals surface area contributed by atoms with Gasteiger partial charge in [-0.25, -0.2) is 0 Å². The van der Waals surface area contributed by atoms with Gasteiger partial charge in [-0.15, -0.1) is 0 Å². The van der Waals surface area contributed by atoms with Crippen LogP contribution in [0.3, 0.4) is 0 Å². The van der Waals surface area contributed by atoms with Crippen molar-refractivity contribution in [1.29, 1.82) is 0 Å². The van der Waals surface area contributed by atoms with Crippen LogP contribution < -0.4 is 0 Å². The maximum Gasteiger partial charge on any atom is 0.245 e. The highest BCUT2D eigenvalue weighted by Gasteiger charge is 2.55. The average molecular weight is 219 g/mol. The van der Waals surface area contributed by atoms with Crippen LogP contribution in [0.5, 0.6) is 0 Å². The van der Waals surface area contributed by atoms with Gasteiger partial charge in [0, 0.05) is 13.1 Å². The van der Waals surface area contributed by atoms with E-state index < -0.39 is 0 Å². The van der Waals surface area contributed by atoms with Crippen LogP contribution in [0, 0.1) is 23.7 Å². The maximum absolute atomic E-state index is 11.7. The summed E-state index contributed by atoms with van der Waals surface area (Å²) < 4.78 is 0. The normalized spacial score (nSPS) is 44.4. The molecule has 2 nitrogen and oxygen atoms in total. The molecule has 3 saturated carbocycles. The second-order valence-electron chi connectivity index (χ2n) is 5.87. The summed E-state index contributed by atoms with van der Waals surface area (Å²) in [7, 11) is 1.96. The summed E-state index contributed by atoms with van der Waals surface area (Å²) in [5, 5.41) is 0. The molecule has 88 valence electrons. The zero-order valence-electron chi connectivity index (χ0n) is 10.1. The molecule has 0 heterocycles. The quantitative estimate of drug-likeness (QED) is 0.653. The number of hydrogen-bond donors (Lipinski definition) is 0. The van der Waals surface area contributed by atoms with Crippen molar-refractivity contribution in [2.24, 2.45) is 23.7 Å². The van der Waals surface area contributed by atoms with Gasteiger partial charge in [-0.1, -0.05) is 13.0 Å². The zero-order chi connectivity index (χ0) is 11.3. The summed E-state index contributed by atoms with van der Waals surface area (Å²) in [4.78, 5) is 13.6. The van der Waals surface area contributed by atoms with E-state index in [1.54, 1.807) is 0 Å². The Morgan fingerprint density at radius 3 is 2.75 bits per heavy atom. The highest BCUT2D eigenvalue weighted by Crippen LogP contribution is 2.59. The zero-order valence-corrected chi connectivity index (χ0v) is 10.1. The Labute approximate surface area is 97.7 Å². The molecule has 3 aliphatic rings. The van der Waals surface area contributed by atoms with Gasteiger partial charge in [0.15, 0.2) is 0 Å². The summed E-state index contributed by atoms with van der Waals surface area (Å²) in [5.74, 6) is 3.76. The van der Waals surface area contributed by atoms with Crippen LogP contribution in [-0.4, -0.2) is 23.9 Å². The molecule has 0 aromatic rings. The molecule has 0 aromatic carbocycles. The van der Waals surface area contributed by atoms with E-state index in [0.717, 1.165) is 23.7 Å². The number of rotatable bonds is 2. The number of likely N-dealkylation sites (N-methyl/N-ethyl adjacent to an activating group) is 1. The van der Waals surface area contributed by atoms with Crippen LogP contribution in [0.4, 0.5) is 0 Å². The van der Waals surface area contributed by atoms with E-state index in [2.05, 4.69) is 6.58 Å². The highest BCUT2D eigenvalue weighted by molar-refractivity contribution is 5.87. The Morgan fingerprint density at radius 2 is 2.00 bits per heavy atom. The molecule has 3 aliphatic carbocycles. The molecule has 0 radical (unpaired) electrons. The molecule has 16 heavy (non-hydrogen) atoms. The summed E-state index contributed by atoms with van der Waals surface area (Å²) in [5.41, 5.74) is 0. The van der Waals surface area contributed by atoms with Crippen molar-refractivity contribution >= 4 is 5.91 Å². The predicted molar refractivity (Wildman–Crippen MR) is 63.8 cm³/mol. The molecule has 3 rings (SSSR count). The first-order valence-electron chi connectivity index (χ1n) is 6.61. The Balaban J connectivity index is 1.76. The first kappa shape index (κ1) is 10.4. The second-order valence-corrected chi connectivity index (χ2v) is 5.87. The molecule has 0 aliphatic heterocycles. The van der Waals surface area contributed by atoms with Gasteiger partial charge in [0.1, 0.15) is 0 Å². The first-order valence-corrected chi connectivity index (χ1v) is 6.61. The van der Waals surface area contributed by atoms with E-state index in [-0.39, 0.29) is 5.91 Å². The number of carbonyl (C=O) groups is 1. The van der Waals surface area contributed by atoms with Crippen LogP contribution in [-0.2, 0) is 4.79 Å². The van der Waals surface area contributed by atoms with Gasteiger partial charge in [-0.05, 0) is 55.4 Å². The van der Waals surface area contributed by atoms with Gasteiger partial charge in [0.25, 0.3) is 0 Å². The minimum Gasteiger partial charge on any atom is -0.339 e. The van der Waals surface area contributed by atoms with Crippen molar-refractivity contribution in [3.8, 4) is 0 Å². The number of amides is 1. The Morgan fingerprint density at radius 1 is 1.25 bits per heavy atom. The van der Waals surface area contributed by atoms with Crippen molar-refractivity contribution < 1.29 is 4.79 Å². The van der Waals surface area contributed by atoms with Gasteiger partial charge >= 0.3 is 0 Å². The van der Waals surface area contributed by atoms with Gasteiger partial charge in [0.05, 0.1) is 0 Å². The summed E-state index contributed by atoms with van der Waals surface area (Å²) >= 11 is 0. The summed E-state index contributed by atoms with van der Waals surface area (Å²) in [6.07, 6.45) is 8.39. The van der Waals surface area contributed by atoms with Crippen LogP contribution >= 0.6 is 0 Å². The molecule has 0 N–H and O–H groups in total. The van der Waals surface area contributed by atoms with Gasteiger partial charge in [-0.3, -0.25) is 4.79 Å². The lowest BCUT2D eigenvalue weighted by Gasteiger charge is -2.36. The van der Waals surface area contributed by atoms with E-state index in [4.69, 9.17) is 0 Å². The molecule has 5 unspecified atom stereocenters. The molecule has 1 amide bonds. The number of fused-ring (bicyclic) bond motifs is 5. The van der Waals surface area contributed by atoms with E-state index in [9.17, 15) is 4.79 Å². The molecular weight excluding hydrogens is 198 g/mol. The van der Waals surface area contributed by atoms with Crippen molar-refractivity contribution in [1.82, 2.24) is 4.90 Å². The maximum atomic E-state index is 11.7. The molecule has 0 aromatic heterocycles. The van der Waals surface area contributed by atoms with E-state index in [0.29, 0.717) is 6.04 Å². The highest BCUT2D eigenvalue weighted by atomic mass is 16.2. The lowest BCUT2D eigenvalue weighted by molar-refractivity contribution is -0.128.